The summed E-state index contributed by atoms with van der Waals surface area (Å²) in [5, 5.41) is 3.39. The molecular formula is C16H31ClN2O. The molecule has 0 radical (unpaired) electrons. The Morgan fingerprint density at radius 2 is 1.90 bits per heavy atom. The van der Waals surface area contributed by atoms with E-state index in [4.69, 9.17) is 0 Å². The third kappa shape index (κ3) is 5.61. The summed E-state index contributed by atoms with van der Waals surface area (Å²) in [4.78, 5) is 14.4. The largest absolute Gasteiger partial charge is 0.343 e. The van der Waals surface area contributed by atoms with Gasteiger partial charge in [-0.05, 0) is 62.9 Å². The van der Waals surface area contributed by atoms with Crippen LogP contribution in [-0.2, 0) is 4.79 Å². The second kappa shape index (κ2) is 8.23. The van der Waals surface area contributed by atoms with Gasteiger partial charge in [0.15, 0.2) is 0 Å². The van der Waals surface area contributed by atoms with E-state index < -0.39 is 0 Å². The summed E-state index contributed by atoms with van der Waals surface area (Å²) in [5.74, 6) is 1.17. The Bertz CT molecular complexity index is 301. The van der Waals surface area contributed by atoms with Crippen LogP contribution in [0.15, 0.2) is 0 Å². The minimum atomic E-state index is 0. The van der Waals surface area contributed by atoms with Gasteiger partial charge in [-0.25, -0.2) is 0 Å². The minimum absolute atomic E-state index is 0. The lowest BCUT2D eigenvalue weighted by molar-refractivity contribution is -0.131. The van der Waals surface area contributed by atoms with Gasteiger partial charge in [0.25, 0.3) is 0 Å². The number of nitrogens with zero attached hydrogens (tertiary/aromatic N) is 1. The zero-order valence-corrected chi connectivity index (χ0v) is 13.9. The van der Waals surface area contributed by atoms with Gasteiger partial charge in [-0.2, -0.15) is 0 Å². The highest BCUT2D eigenvalue weighted by atomic mass is 35.5. The third-order valence-corrected chi connectivity index (χ3v) is 4.92. The second-order valence-corrected chi connectivity index (χ2v) is 7.13. The number of hydrogen-bond acceptors (Lipinski definition) is 2. The van der Waals surface area contributed by atoms with Crippen LogP contribution >= 0.6 is 12.4 Å². The lowest BCUT2D eigenvalue weighted by atomic mass is 9.85. The molecule has 2 aliphatic rings. The minimum Gasteiger partial charge on any atom is -0.343 e. The number of nitrogens with one attached hydrogen (secondary N) is 1. The van der Waals surface area contributed by atoms with Crippen molar-refractivity contribution in [2.75, 3.05) is 26.2 Å². The Hall–Kier alpha value is -0.280. The summed E-state index contributed by atoms with van der Waals surface area (Å²) >= 11 is 0. The van der Waals surface area contributed by atoms with Crippen LogP contribution in [0.25, 0.3) is 0 Å². The summed E-state index contributed by atoms with van der Waals surface area (Å²) in [7, 11) is 0. The van der Waals surface area contributed by atoms with E-state index in [0.717, 1.165) is 51.4 Å². The first-order chi connectivity index (χ1) is 9.07. The predicted octanol–water partition coefficient (Wildman–Crippen LogP) is 3.23. The van der Waals surface area contributed by atoms with Gasteiger partial charge < -0.3 is 10.2 Å². The number of piperidine rings is 1. The van der Waals surface area contributed by atoms with E-state index in [2.05, 4.69) is 24.1 Å². The van der Waals surface area contributed by atoms with E-state index in [1.165, 1.54) is 25.7 Å². The summed E-state index contributed by atoms with van der Waals surface area (Å²) in [6.45, 7) is 8.88. The van der Waals surface area contributed by atoms with Gasteiger partial charge in [-0.3, -0.25) is 4.79 Å². The molecule has 0 aromatic rings. The molecule has 2 rings (SSSR count). The Balaban J connectivity index is 0.00000200. The number of likely N-dealkylation sites (tertiary alicyclic amines) is 1. The monoisotopic (exact) mass is 302 g/mol. The number of hydrogen-bond donors (Lipinski definition) is 1. The maximum absolute atomic E-state index is 12.3. The van der Waals surface area contributed by atoms with Gasteiger partial charge in [0.2, 0.25) is 5.91 Å². The molecule has 0 saturated carbocycles. The molecule has 2 fully saturated rings. The van der Waals surface area contributed by atoms with Crippen molar-refractivity contribution in [2.45, 2.75) is 58.8 Å². The summed E-state index contributed by atoms with van der Waals surface area (Å²) in [6, 6.07) is 0. The smallest absolute Gasteiger partial charge is 0.222 e. The van der Waals surface area contributed by atoms with Crippen LogP contribution in [-0.4, -0.2) is 37.0 Å². The normalized spacial score (nSPS) is 23.8. The van der Waals surface area contributed by atoms with Crippen molar-refractivity contribution < 1.29 is 4.79 Å². The van der Waals surface area contributed by atoms with Crippen LogP contribution < -0.4 is 5.32 Å². The van der Waals surface area contributed by atoms with Crippen molar-refractivity contribution in [2.24, 2.45) is 11.3 Å². The number of carbonyl (C=O) groups excluding carboxylic acids is 1. The number of rotatable bonds is 3. The Morgan fingerprint density at radius 3 is 2.60 bits per heavy atom. The highest BCUT2D eigenvalue weighted by Crippen LogP contribution is 2.30. The fraction of sp³-hybridized carbons (Fsp3) is 0.938. The van der Waals surface area contributed by atoms with Crippen molar-refractivity contribution in [3.05, 3.63) is 0 Å². The molecule has 3 nitrogen and oxygen atoms in total. The van der Waals surface area contributed by atoms with Gasteiger partial charge in [-0.15, -0.1) is 12.4 Å². The van der Waals surface area contributed by atoms with Crippen molar-refractivity contribution in [3.63, 3.8) is 0 Å². The zero-order valence-electron chi connectivity index (χ0n) is 13.1. The molecule has 2 saturated heterocycles. The molecule has 0 aromatic carbocycles. The topological polar surface area (TPSA) is 32.3 Å². The fourth-order valence-electron chi connectivity index (χ4n) is 3.33. The molecule has 1 N–H and O–H groups in total. The van der Waals surface area contributed by atoms with Gasteiger partial charge >= 0.3 is 0 Å². The molecule has 0 aromatic heterocycles. The average Bonchev–Trinajstić information content (AvgIpc) is 2.58. The summed E-state index contributed by atoms with van der Waals surface area (Å²) < 4.78 is 0. The first-order valence-corrected chi connectivity index (χ1v) is 8.05. The molecule has 2 heterocycles. The summed E-state index contributed by atoms with van der Waals surface area (Å²) in [6.07, 6.45) is 7.95. The molecule has 0 aliphatic carbocycles. The van der Waals surface area contributed by atoms with Crippen LogP contribution in [0.4, 0.5) is 0 Å². The van der Waals surface area contributed by atoms with E-state index in [0.29, 0.717) is 11.3 Å². The quantitative estimate of drug-likeness (QED) is 0.868. The molecule has 20 heavy (non-hydrogen) atoms. The first kappa shape index (κ1) is 17.8. The molecular weight excluding hydrogens is 272 g/mol. The van der Waals surface area contributed by atoms with Crippen LogP contribution in [0.5, 0.6) is 0 Å². The lowest BCUT2D eigenvalue weighted by Gasteiger charge is -2.25. The fourth-order valence-corrected chi connectivity index (χ4v) is 3.33. The van der Waals surface area contributed by atoms with E-state index in [9.17, 15) is 4.79 Å². The van der Waals surface area contributed by atoms with Crippen LogP contribution in [0.1, 0.15) is 58.8 Å². The maximum Gasteiger partial charge on any atom is 0.222 e. The SMILES string of the molecule is CC1(C)CCCN(C(=O)CCC2CCNCC2)CC1.Cl. The average molecular weight is 303 g/mol. The van der Waals surface area contributed by atoms with E-state index in [-0.39, 0.29) is 12.4 Å². The Labute approximate surface area is 130 Å². The third-order valence-electron chi connectivity index (χ3n) is 4.92. The summed E-state index contributed by atoms with van der Waals surface area (Å²) in [5.41, 5.74) is 0.421. The van der Waals surface area contributed by atoms with Crippen LogP contribution in [0, 0.1) is 11.3 Å². The highest BCUT2D eigenvalue weighted by molar-refractivity contribution is 5.85. The van der Waals surface area contributed by atoms with Gasteiger partial charge in [0, 0.05) is 19.5 Å². The van der Waals surface area contributed by atoms with E-state index in [1.807, 2.05) is 0 Å². The number of carbonyl (C=O) groups is 1. The molecule has 0 unspecified atom stereocenters. The van der Waals surface area contributed by atoms with Crippen molar-refractivity contribution in [1.82, 2.24) is 10.2 Å². The highest BCUT2D eigenvalue weighted by Gasteiger charge is 2.25. The molecule has 0 spiro atoms. The maximum atomic E-state index is 12.3. The molecule has 2 aliphatic heterocycles. The molecule has 4 heteroatoms. The van der Waals surface area contributed by atoms with E-state index >= 15 is 0 Å². The standard InChI is InChI=1S/C16H30N2O.ClH/c1-16(2)8-3-12-18(13-9-16)15(19)5-4-14-6-10-17-11-7-14;/h14,17H,3-13H2,1-2H3;1H. The molecule has 0 atom stereocenters. The second-order valence-electron chi connectivity index (χ2n) is 7.13. The Kier molecular flexibility index (Phi) is 7.32. The predicted molar refractivity (Wildman–Crippen MR) is 86.3 cm³/mol. The van der Waals surface area contributed by atoms with Crippen molar-refractivity contribution >= 4 is 18.3 Å². The number of halogens is 1. The number of amides is 1. The molecule has 118 valence electrons. The van der Waals surface area contributed by atoms with Crippen LogP contribution in [0.3, 0.4) is 0 Å². The lowest BCUT2D eigenvalue weighted by Crippen LogP contribution is -2.33. The Morgan fingerprint density at radius 1 is 1.20 bits per heavy atom. The molecule has 0 bridgehead atoms. The van der Waals surface area contributed by atoms with Gasteiger partial charge in [0.1, 0.15) is 0 Å². The van der Waals surface area contributed by atoms with Gasteiger partial charge in [-0.1, -0.05) is 13.8 Å². The van der Waals surface area contributed by atoms with Crippen LogP contribution in [0.2, 0.25) is 0 Å². The first-order valence-electron chi connectivity index (χ1n) is 8.05. The zero-order chi connectivity index (χ0) is 13.7. The van der Waals surface area contributed by atoms with Crippen molar-refractivity contribution in [1.29, 1.82) is 0 Å². The molecule has 1 amide bonds. The van der Waals surface area contributed by atoms with Crippen molar-refractivity contribution in [3.8, 4) is 0 Å². The van der Waals surface area contributed by atoms with E-state index in [1.54, 1.807) is 0 Å². The van der Waals surface area contributed by atoms with Gasteiger partial charge in [0.05, 0.1) is 0 Å².